The van der Waals surface area contributed by atoms with Crippen LogP contribution >= 0.6 is 11.3 Å². The van der Waals surface area contributed by atoms with Crippen LogP contribution in [0.1, 0.15) is 23.8 Å². The predicted octanol–water partition coefficient (Wildman–Crippen LogP) is 2.16. The third kappa shape index (κ3) is 2.07. The highest BCUT2D eigenvalue weighted by molar-refractivity contribution is 7.86. The van der Waals surface area contributed by atoms with Gasteiger partial charge in [-0.25, -0.2) is 0 Å². The molecule has 0 saturated heterocycles. The maximum absolute atomic E-state index is 11.3. The van der Waals surface area contributed by atoms with Gasteiger partial charge in [-0.2, -0.15) is 0 Å². The Morgan fingerprint density at radius 1 is 1.57 bits per heavy atom. The summed E-state index contributed by atoms with van der Waals surface area (Å²) in [5.74, 6) is 0.803. The molecule has 78 valence electrons. The quantitative estimate of drug-likeness (QED) is 0.857. The number of rotatable bonds is 4. The lowest BCUT2D eigenvalue weighted by Gasteiger charge is -2.12. The van der Waals surface area contributed by atoms with Gasteiger partial charge >= 0.3 is 0 Å². The van der Waals surface area contributed by atoms with Gasteiger partial charge in [0, 0.05) is 17.2 Å². The Kier molecular flexibility index (Phi) is 3.04. The van der Waals surface area contributed by atoms with Crippen LogP contribution < -0.4 is 5.32 Å². The molecule has 1 aromatic rings. The van der Waals surface area contributed by atoms with Crippen molar-refractivity contribution in [1.29, 1.82) is 0 Å². The minimum atomic E-state index is -0.829. The van der Waals surface area contributed by atoms with Gasteiger partial charge in [-0.1, -0.05) is 0 Å². The number of thiophene rings is 1. The van der Waals surface area contributed by atoms with Crippen molar-refractivity contribution in [2.24, 2.45) is 5.92 Å². The Morgan fingerprint density at radius 3 is 2.71 bits per heavy atom. The summed E-state index contributed by atoms with van der Waals surface area (Å²) in [6, 6.07) is 4.58. The maximum atomic E-state index is 11.3. The van der Waals surface area contributed by atoms with E-state index in [9.17, 15) is 4.21 Å². The fourth-order valence-electron chi connectivity index (χ4n) is 1.70. The third-order valence-corrected chi connectivity index (χ3v) is 5.22. The predicted molar refractivity (Wildman–Crippen MR) is 61.2 cm³/mol. The van der Waals surface area contributed by atoms with Gasteiger partial charge < -0.3 is 5.32 Å². The van der Waals surface area contributed by atoms with Gasteiger partial charge in [0.15, 0.2) is 0 Å². The number of hydrogen-bond acceptors (Lipinski definition) is 3. The summed E-state index contributed by atoms with van der Waals surface area (Å²) in [5, 5.41) is 3.34. The van der Waals surface area contributed by atoms with Crippen LogP contribution in [0.2, 0.25) is 0 Å². The summed E-state index contributed by atoms with van der Waals surface area (Å²) >= 11 is 1.68. The first kappa shape index (κ1) is 10.3. The van der Waals surface area contributed by atoms with Crippen LogP contribution in [0.15, 0.2) is 16.3 Å². The molecule has 1 heterocycles. The van der Waals surface area contributed by atoms with E-state index < -0.39 is 10.8 Å². The summed E-state index contributed by atoms with van der Waals surface area (Å²) in [6.07, 6.45) is 4.39. The van der Waals surface area contributed by atoms with Crippen molar-refractivity contribution in [2.45, 2.75) is 23.1 Å². The van der Waals surface area contributed by atoms with E-state index >= 15 is 0 Å². The first-order chi connectivity index (χ1) is 6.72. The van der Waals surface area contributed by atoms with Gasteiger partial charge in [-0.15, -0.1) is 11.3 Å². The lowest BCUT2D eigenvalue weighted by molar-refractivity contribution is 0.537. The molecule has 2 atom stereocenters. The van der Waals surface area contributed by atoms with Gasteiger partial charge in [-0.3, -0.25) is 4.21 Å². The highest BCUT2D eigenvalue weighted by atomic mass is 32.2. The van der Waals surface area contributed by atoms with Crippen molar-refractivity contribution in [3.8, 4) is 0 Å². The summed E-state index contributed by atoms with van der Waals surface area (Å²) in [5.41, 5.74) is 0. The first-order valence-corrected chi connectivity index (χ1v) is 7.20. The summed E-state index contributed by atoms with van der Waals surface area (Å²) in [6.45, 7) is 0. The molecule has 1 aromatic heterocycles. The zero-order valence-corrected chi connectivity index (χ0v) is 10.1. The second-order valence-electron chi connectivity index (χ2n) is 3.71. The van der Waals surface area contributed by atoms with E-state index in [1.54, 1.807) is 17.6 Å². The van der Waals surface area contributed by atoms with Crippen molar-refractivity contribution >= 4 is 22.1 Å². The number of nitrogens with one attached hydrogen (secondary N) is 1. The molecule has 2 nitrogen and oxygen atoms in total. The van der Waals surface area contributed by atoms with Gasteiger partial charge in [0.05, 0.1) is 15.0 Å². The topological polar surface area (TPSA) is 29.1 Å². The lowest BCUT2D eigenvalue weighted by Crippen LogP contribution is -2.16. The van der Waals surface area contributed by atoms with Crippen LogP contribution in [0.5, 0.6) is 0 Å². The van der Waals surface area contributed by atoms with Crippen LogP contribution in [0.25, 0.3) is 0 Å². The summed E-state index contributed by atoms with van der Waals surface area (Å²) in [4.78, 5) is 1.33. The maximum Gasteiger partial charge on any atom is 0.0911 e. The highest BCUT2D eigenvalue weighted by Crippen LogP contribution is 2.42. The Morgan fingerprint density at radius 2 is 2.29 bits per heavy atom. The zero-order valence-electron chi connectivity index (χ0n) is 8.45. The molecule has 0 bridgehead atoms. The number of hydrogen-bond donors (Lipinski definition) is 1. The average molecular weight is 229 g/mol. The van der Waals surface area contributed by atoms with Gasteiger partial charge in [-0.05, 0) is 37.9 Å². The molecular formula is C10H15NOS2. The fraction of sp³-hybridized carbons (Fsp3) is 0.600. The molecule has 1 saturated carbocycles. The molecule has 0 amide bonds. The zero-order chi connectivity index (χ0) is 10.1. The van der Waals surface area contributed by atoms with Crippen molar-refractivity contribution in [1.82, 2.24) is 5.32 Å². The normalized spacial score (nSPS) is 20.7. The second-order valence-corrected chi connectivity index (χ2v) is 6.44. The van der Waals surface area contributed by atoms with Crippen molar-refractivity contribution in [3.63, 3.8) is 0 Å². The van der Waals surface area contributed by atoms with E-state index in [0.29, 0.717) is 6.04 Å². The van der Waals surface area contributed by atoms with Gasteiger partial charge in [0.25, 0.3) is 0 Å². The molecule has 2 unspecified atom stereocenters. The van der Waals surface area contributed by atoms with E-state index in [0.717, 1.165) is 10.1 Å². The Bertz CT molecular complexity index is 344. The van der Waals surface area contributed by atoms with Crippen LogP contribution in [0.4, 0.5) is 0 Å². The van der Waals surface area contributed by atoms with Crippen molar-refractivity contribution in [3.05, 3.63) is 17.0 Å². The third-order valence-electron chi connectivity index (χ3n) is 2.60. The Labute approximate surface area is 91.2 Å². The molecular weight excluding hydrogens is 214 g/mol. The van der Waals surface area contributed by atoms with E-state index in [1.165, 1.54) is 17.7 Å². The van der Waals surface area contributed by atoms with Crippen molar-refractivity contribution < 1.29 is 4.21 Å². The summed E-state index contributed by atoms with van der Waals surface area (Å²) in [7, 11) is 1.18. The Hall–Kier alpha value is -0.190. The molecule has 1 fully saturated rings. The molecule has 1 aliphatic carbocycles. The average Bonchev–Trinajstić information content (AvgIpc) is 2.84. The molecule has 4 heteroatoms. The molecule has 0 aromatic carbocycles. The van der Waals surface area contributed by atoms with Crippen LogP contribution in [-0.4, -0.2) is 17.5 Å². The molecule has 0 aliphatic heterocycles. The molecule has 1 N–H and O–H groups in total. The minimum Gasteiger partial charge on any atom is -0.312 e. The minimum absolute atomic E-state index is 0.484. The lowest BCUT2D eigenvalue weighted by atomic mass is 10.1. The smallest absolute Gasteiger partial charge is 0.0911 e. The standard InChI is InChI=1S/C10H15NOS2/c1-11-10(7-3-4-7)8-5-6-9(13-8)14(2)12/h5-7,10-11H,3-4H2,1-2H3. The first-order valence-electron chi connectivity index (χ1n) is 4.83. The summed E-state index contributed by atoms with van der Waals surface area (Å²) < 4.78 is 12.2. The molecule has 14 heavy (non-hydrogen) atoms. The largest absolute Gasteiger partial charge is 0.312 e. The van der Waals surface area contributed by atoms with E-state index in [4.69, 9.17) is 0 Å². The molecule has 1 aliphatic rings. The second kappa shape index (κ2) is 4.13. The monoisotopic (exact) mass is 229 g/mol. The van der Waals surface area contributed by atoms with Crippen LogP contribution in [0.3, 0.4) is 0 Å². The van der Waals surface area contributed by atoms with E-state index in [2.05, 4.69) is 11.4 Å². The fourth-order valence-corrected chi connectivity index (χ4v) is 3.66. The molecule has 0 spiro atoms. The highest BCUT2D eigenvalue weighted by Gasteiger charge is 2.32. The van der Waals surface area contributed by atoms with Gasteiger partial charge in [0.2, 0.25) is 0 Å². The Balaban J connectivity index is 2.17. The van der Waals surface area contributed by atoms with Crippen LogP contribution in [-0.2, 0) is 10.8 Å². The molecule has 0 radical (unpaired) electrons. The SMILES string of the molecule is CNC(c1ccc(S(C)=O)s1)C1CC1. The van der Waals surface area contributed by atoms with Gasteiger partial charge in [0.1, 0.15) is 0 Å². The van der Waals surface area contributed by atoms with E-state index in [1.807, 2.05) is 13.1 Å². The van der Waals surface area contributed by atoms with Crippen molar-refractivity contribution in [2.75, 3.05) is 13.3 Å². The van der Waals surface area contributed by atoms with Crippen LogP contribution in [0, 0.1) is 5.92 Å². The molecule has 2 rings (SSSR count). The van der Waals surface area contributed by atoms with E-state index in [-0.39, 0.29) is 0 Å².